The molecule has 1 aliphatic heterocycles. The molecule has 0 amide bonds. The topological polar surface area (TPSA) is 83.9 Å². The van der Waals surface area contributed by atoms with E-state index in [0.717, 1.165) is 4.31 Å². The molecule has 1 N–H and O–H groups in total. The molecule has 0 spiro atoms. The van der Waals surface area contributed by atoms with Crippen molar-refractivity contribution < 1.29 is 23.1 Å². The van der Waals surface area contributed by atoms with Crippen molar-refractivity contribution in [3.63, 3.8) is 0 Å². The van der Waals surface area contributed by atoms with E-state index < -0.39 is 22.0 Å². The Morgan fingerprint density at radius 1 is 1.50 bits per heavy atom. The number of methoxy groups -OCH3 is 1. The van der Waals surface area contributed by atoms with Gasteiger partial charge in [-0.15, -0.1) is 0 Å². The molecule has 1 aromatic carbocycles. The molecular weight excluding hydrogens is 306 g/mol. The third-order valence-corrected chi connectivity index (χ3v) is 5.38. The Hall–Kier alpha value is -1.31. The van der Waals surface area contributed by atoms with Crippen molar-refractivity contribution in [1.82, 2.24) is 4.31 Å². The number of hydrogen-bond acceptors (Lipinski definition) is 4. The van der Waals surface area contributed by atoms with E-state index >= 15 is 0 Å². The zero-order valence-electron chi connectivity index (χ0n) is 10.7. The van der Waals surface area contributed by atoms with Gasteiger partial charge in [0, 0.05) is 17.6 Å². The second kappa shape index (κ2) is 5.59. The number of hydrogen-bond donors (Lipinski definition) is 1. The van der Waals surface area contributed by atoms with Crippen molar-refractivity contribution in [3.05, 3.63) is 23.2 Å². The number of carboxylic acids is 1. The van der Waals surface area contributed by atoms with E-state index in [-0.39, 0.29) is 17.2 Å². The lowest BCUT2D eigenvalue weighted by Crippen LogP contribution is -2.40. The average Bonchev–Trinajstić information content (AvgIpc) is 2.88. The Labute approximate surface area is 122 Å². The molecule has 2 rings (SSSR count). The third-order valence-electron chi connectivity index (χ3n) is 3.20. The first-order valence-electron chi connectivity index (χ1n) is 5.96. The number of benzene rings is 1. The van der Waals surface area contributed by atoms with Gasteiger partial charge >= 0.3 is 5.97 Å². The maximum Gasteiger partial charge on any atom is 0.322 e. The summed E-state index contributed by atoms with van der Waals surface area (Å²) in [5, 5.41) is 9.45. The largest absolute Gasteiger partial charge is 0.495 e. The average molecular weight is 320 g/mol. The van der Waals surface area contributed by atoms with Crippen LogP contribution in [-0.4, -0.2) is 43.5 Å². The minimum Gasteiger partial charge on any atom is -0.495 e. The Bertz CT molecular complexity index is 631. The van der Waals surface area contributed by atoms with Crippen LogP contribution in [0.25, 0.3) is 0 Å². The molecule has 0 aliphatic carbocycles. The summed E-state index contributed by atoms with van der Waals surface area (Å²) in [4.78, 5) is 11.1. The molecule has 1 saturated heterocycles. The van der Waals surface area contributed by atoms with Gasteiger partial charge in [-0.2, -0.15) is 4.31 Å². The van der Waals surface area contributed by atoms with Crippen LogP contribution in [0.4, 0.5) is 0 Å². The summed E-state index contributed by atoms with van der Waals surface area (Å²) in [6, 6.07) is 3.12. The second-order valence-corrected chi connectivity index (χ2v) is 6.70. The van der Waals surface area contributed by atoms with E-state index in [9.17, 15) is 13.2 Å². The van der Waals surface area contributed by atoms with E-state index in [1.165, 1.54) is 25.3 Å². The fraction of sp³-hybridized carbons (Fsp3) is 0.417. The zero-order valence-corrected chi connectivity index (χ0v) is 12.3. The minimum absolute atomic E-state index is 0.0717. The van der Waals surface area contributed by atoms with Crippen LogP contribution >= 0.6 is 11.6 Å². The summed E-state index contributed by atoms with van der Waals surface area (Å²) in [6.45, 7) is 0.186. The third kappa shape index (κ3) is 2.61. The molecule has 1 fully saturated rings. The number of ether oxygens (including phenoxy) is 1. The first-order chi connectivity index (χ1) is 9.37. The first-order valence-corrected chi connectivity index (χ1v) is 7.78. The minimum atomic E-state index is -3.92. The van der Waals surface area contributed by atoms with Gasteiger partial charge in [-0.05, 0) is 25.0 Å². The van der Waals surface area contributed by atoms with Crippen LogP contribution in [0, 0.1) is 0 Å². The number of aliphatic carboxylic acids is 1. The van der Waals surface area contributed by atoms with Gasteiger partial charge in [0.15, 0.2) is 0 Å². The summed E-state index contributed by atoms with van der Waals surface area (Å²) >= 11 is 5.80. The molecule has 0 saturated carbocycles. The standard InChI is InChI=1S/C12H14ClNO5S/c1-19-10-7-8(13)4-5-11(10)20(17,18)14-6-2-3-9(14)12(15)16/h4-5,7,9H,2-3,6H2,1H3,(H,15,16). The molecule has 110 valence electrons. The summed E-state index contributed by atoms with van der Waals surface area (Å²) in [5.74, 6) is -1.03. The molecule has 1 heterocycles. The summed E-state index contributed by atoms with van der Waals surface area (Å²) < 4.78 is 31.2. The molecule has 6 nitrogen and oxygen atoms in total. The lowest BCUT2D eigenvalue weighted by molar-refractivity contribution is -0.140. The van der Waals surface area contributed by atoms with E-state index in [1.54, 1.807) is 0 Å². The lowest BCUT2D eigenvalue weighted by atomic mass is 10.2. The molecular formula is C12H14ClNO5S. The van der Waals surface area contributed by atoms with E-state index in [2.05, 4.69) is 0 Å². The monoisotopic (exact) mass is 319 g/mol. The number of sulfonamides is 1. The highest BCUT2D eigenvalue weighted by atomic mass is 35.5. The number of nitrogens with zero attached hydrogens (tertiary/aromatic N) is 1. The molecule has 1 aromatic rings. The van der Waals surface area contributed by atoms with Crippen LogP contribution in [0.5, 0.6) is 5.75 Å². The van der Waals surface area contributed by atoms with Gasteiger partial charge in [-0.25, -0.2) is 8.42 Å². The highest BCUT2D eigenvalue weighted by Crippen LogP contribution is 2.33. The van der Waals surface area contributed by atoms with Crippen molar-refractivity contribution in [2.24, 2.45) is 0 Å². The summed E-state index contributed by atoms with van der Waals surface area (Å²) in [5.41, 5.74) is 0. The van der Waals surface area contributed by atoms with Crippen molar-refractivity contribution in [3.8, 4) is 5.75 Å². The predicted octanol–water partition coefficient (Wildman–Crippen LogP) is 1.59. The van der Waals surface area contributed by atoms with Crippen molar-refractivity contribution in [2.75, 3.05) is 13.7 Å². The SMILES string of the molecule is COc1cc(Cl)ccc1S(=O)(=O)N1CCCC1C(=O)O. The molecule has 0 bridgehead atoms. The number of halogens is 1. The zero-order chi connectivity index (χ0) is 14.9. The Morgan fingerprint density at radius 2 is 2.20 bits per heavy atom. The van der Waals surface area contributed by atoms with Gasteiger partial charge in [0.25, 0.3) is 0 Å². The quantitative estimate of drug-likeness (QED) is 0.911. The number of carbonyl (C=O) groups is 1. The summed E-state index contributed by atoms with van der Waals surface area (Å²) in [6.07, 6.45) is 0.830. The molecule has 0 aromatic heterocycles. The maximum absolute atomic E-state index is 12.6. The van der Waals surface area contributed by atoms with Crippen LogP contribution in [-0.2, 0) is 14.8 Å². The normalized spacial score (nSPS) is 20.0. The fourth-order valence-electron chi connectivity index (χ4n) is 2.26. The van der Waals surface area contributed by atoms with Crippen LogP contribution in [0.2, 0.25) is 5.02 Å². The van der Waals surface area contributed by atoms with Gasteiger partial charge < -0.3 is 9.84 Å². The first kappa shape index (κ1) is 15.1. The van der Waals surface area contributed by atoms with Crippen LogP contribution in [0.3, 0.4) is 0 Å². The Balaban J connectivity index is 2.47. The smallest absolute Gasteiger partial charge is 0.322 e. The second-order valence-electron chi connectivity index (χ2n) is 4.41. The fourth-order valence-corrected chi connectivity index (χ4v) is 4.21. The van der Waals surface area contributed by atoms with Crippen molar-refractivity contribution in [1.29, 1.82) is 0 Å². The Kier molecular flexibility index (Phi) is 4.22. The molecule has 1 unspecified atom stereocenters. The summed E-state index contributed by atoms with van der Waals surface area (Å²) in [7, 11) is -2.59. The van der Waals surface area contributed by atoms with Gasteiger partial charge in [-0.1, -0.05) is 11.6 Å². The van der Waals surface area contributed by atoms with Gasteiger partial charge in [0.2, 0.25) is 10.0 Å². The highest BCUT2D eigenvalue weighted by Gasteiger charge is 2.40. The van der Waals surface area contributed by atoms with Crippen LogP contribution in [0.1, 0.15) is 12.8 Å². The number of rotatable bonds is 4. The van der Waals surface area contributed by atoms with Crippen LogP contribution in [0.15, 0.2) is 23.1 Å². The molecule has 1 atom stereocenters. The molecule has 1 aliphatic rings. The predicted molar refractivity (Wildman–Crippen MR) is 72.6 cm³/mol. The van der Waals surface area contributed by atoms with Gasteiger partial charge in [-0.3, -0.25) is 4.79 Å². The van der Waals surface area contributed by atoms with Gasteiger partial charge in [0.1, 0.15) is 16.7 Å². The molecule has 0 radical (unpaired) electrons. The Morgan fingerprint density at radius 3 is 2.80 bits per heavy atom. The van der Waals surface area contributed by atoms with Gasteiger partial charge in [0.05, 0.1) is 7.11 Å². The van der Waals surface area contributed by atoms with Crippen molar-refractivity contribution >= 4 is 27.6 Å². The molecule has 8 heteroatoms. The maximum atomic E-state index is 12.6. The number of carboxylic acid groups (broad SMARTS) is 1. The lowest BCUT2D eigenvalue weighted by Gasteiger charge is -2.22. The molecule has 20 heavy (non-hydrogen) atoms. The van der Waals surface area contributed by atoms with E-state index in [0.29, 0.717) is 17.9 Å². The van der Waals surface area contributed by atoms with E-state index in [1.807, 2.05) is 0 Å². The van der Waals surface area contributed by atoms with E-state index in [4.69, 9.17) is 21.4 Å². The van der Waals surface area contributed by atoms with Crippen molar-refractivity contribution in [2.45, 2.75) is 23.8 Å². The van der Waals surface area contributed by atoms with Crippen LogP contribution < -0.4 is 4.74 Å². The highest BCUT2D eigenvalue weighted by molar-refractivity contribution is 7.89.